The minimum atomic E-state index is -0.597. The van der Waals surface area contributed by atoms with Crippen molar-refractivity contribution in [1.82, 2.24) is 10.2 Å². The van der Waals surface area contributed by atoms with Crippen LogP contribution in [0, 0.1) is 5.82 Å². The minimum absolute atomic E-state index is 0.0352. The van der Waals surface area contributed by atoms with Crippen molar-refractivity contribution in [2.24, 2.45) is 5.73 Å². The van der Waals surface area contributed by atoms with Crippen LogP contribution >= 0.6 is 0 Å². The molecule has 1 fully saturated rings. The number of likely N-dealkylation sites (N-methyl/N-ethyl adjacent to an activating group) is 1. The van der Waals surface area contributed by atoms with Gasteiger partial charge in [-0.3, -0.25) is 4.79 Å². The maximum atomic E-state index is 13.6. The number of nitrogens with two attached hydrogens (primary N) is 1. The Kier molecular flexibility index (Phi) is 10.9. The SMILES string of the molecule is CN1CCOCC1.NC(CC(=O)N[C@@H](C=O)Cc1ccccc1)Cc1ccccc1F. The molecule has 1 aliphatic rings. The highest BCUT2D eigenvalue weighted by atomic mass is 19.1. The number of ether oxygens (including phenoxy) is 1. The summed E-state index contributed by atoms with van der Waals surface area (Å²) >= 11 is 0. The fourth-order valence-corrected chi connectivity index (χ4v) is 3.18. The van der Waals surface area contributed by atoms with Crippen LogP contribution in [0.25, 0.3) is 0 Å². The van der Waals surface area contributed by atoms with Crippen LogP contribution in [0.15, 0.2) is 54.6 Å². The van der Waals surface area contributed by atoms with E-state index in [4.69, 9.17) is 10.5 Å². The Balaban J connectivity index is 0.000000412. The standard InChI is InChI=1S/C19H21FN2O2.C5H11NO/c20-18-9-5-4-8-15(18)11-16(21)12-19(24)22-17(13-23)10-14-6-2-1-3-7-14;1-6-2-4-7-5-3-6/h1-9,13,16-17H,10-12,21H2,(H,22,24);2-5H2,1H3/t16?,17-;/m1./s1. The zero-order valence-corrected chi connectivity index (χ0v) is 18.0. The van der Waals surface area contributed by atoms with E-state index in [1.165, 1.54) is 6.07 Å². The molecular formula is C24H32FN3O3. The summed E-state index contributed by atoms with van der Waals surface area (Å²) in [6, 6.07) is 14.7. The van der Waals surface area contributed by atoms with Crippen molar-refractivity contribution in [3.63, 3.8) is 0 Å². The second kappa shape index (κ2) is 13.6. The predicted molar refractivity (Wildman–Crippen MR) is 119 cm³/mol. The fourth-order valence-electron chi connectivity index (χ4n) is 3.18. The Hall–Kier alpha value is -2.61. The molecule has 1 saturated heterocycles. The number of halogens is 1. The summed E-state index contributed by atoms with van der Waals surface area (Å²) in [5.74, 6) is -0.643. The van der Waals surface area contributed by atoms with Crippen molar-refractivity contribution in [3.05, 3.63) is 71.5 Å². The number of amides is 1. The summed E-state index contributed by atoms with van der Waals surface area (Å²) in [6.07, 6.45) is 1.45. The summed E-state index contributed by atoms with van der Waals surface area (Å²) in [6.45, 7) is 4.02. The summed E-state index contributed by atoms with van der Waals surface area (Å²) in [5, 5.41) is 2.67. The van der Waals surface area contributed by atoms with Gasteiger partial charge < -0.3 is 25.5 Å². The Morgan fingerprint density at radius 2 is 1.77 bits per heavy atom. The van der Waals surface area contributed by atoms with E-state index >= 15 is 0 Å². The first-order valence-electron chi connectivity index (χ1n) is 10.5. The van der Waals surface area contributed by atoms with Gasteiger partial charge in [-0.25, -0.2) is 4.39 Å². The first-order valence-corrected chi connectivity index (χ1v) is 10.5. The van der Waals surface area contributed by atoms with Crippen molar-refractivity contribution >= 4 is 12.2 Å². The Bertz CT molecular complexity index is 798. The molecule has 31 heavy (non-hydrogen) atoms. The molecule has 2 aromatic carbocycles. The summed E-state index contributed by atoms with van der Waals surface area (Å²) in [7, 11) is 2.11. The van der Waals surface area contributed by atoms with E-state index in [0.717, 1.165) is 31.9 Å². The van der Waals surface area contributed by atoms with E-state index in [1.807, 2.05) is 30.3 Å². The third kappa shape index (κ3) is 9.83. The lowest BCUT2D eigenvalue weighted by molar-refractivity contribution is -0.124. The second-order valence-electron chi connectivity index (χ2n) is 7.68. The lowest BCUT2D eigenvalue weighted by atomic mass is 10.0. The highest BCUT2D eigenvalue weighted by Gasteiger charge is 2.16. The first-order chi connectivity index (χ1) is 15.0. The van der Waals surface area contributed by atoms with E-state index in [9.17, 15) is 14.0 Å². The van der Waals surface area contributed by atoms with Gasteiger partial charge in [-0.2, -0.15) is 0 Å². The third-order valence-electron chi connectivity index (χ3n) is 4.93. The van der Waals surface area contributed by atoms with Crippen LogP contribution in [0.5, 0.6) is 0 Å². The number of nitrogens with zero attached hydrogens (tertiary/aromatic N) is 1. The second-order valence-corrected chi connectivity index (χ2v) is 7.68. The topological polar surface area (TPSA) is 84.7 Å². The maximum Gasteiger partial charge on any atom is 0.222 e. The number of rotatable bonds is 8. The van der Waals surface area contributed by atoms with Crippen molar-refractivity contribution in [2.75, 3.05) is 33.4 Å². The van der Waals surface area contributed by atoms with Gasteiger partial charge in [0.25, 0.3) is 0 Å². The van der Waals surface area contributed by atoms with Gasteiger partial charge in [-0.15, -0.1) is 0 Å². The largest absolute Gasteiger partial charge is 0.379 e. The Morgan fingerprint density at radius 3 is 2.35 bits per heavy atom. The van der Waals surface area contributed by atoms with E-state index in [0.29, 0.717) is 18.3 Å². The van der Waals surface area contributed by atoms with Gasteiger partial charge in [-0.1, -0.05) is 48.5 Å². The van der Waals surface area contributed by atoms with Crippen LogP contribution in [-0.2, 0) is 27.2 Å². The molecule has 168 valence electrons. The molecule has 2 aromatic rings. The van der Waals surface area contributed by atoms with Crippen LogP contribution in [0.4, 0.5) is 4.39 Å². The van der Waals surface area contributed by atoms with Gasteiger partial charge in [0.2, 0.25) is 5.91 Å². The van der Waals surface area contributed by atoms with Gasteiger partial charge in [0.1, 0.15) is 12.1 Å². The lowest BCUT2D eigenvalue weighted by Crippen LogP contribution is -2.40. The molecule has 1 amide bonds. The molecule has 0 saturated carbocycles. The number of morpholine rings is 1. The molecule has 3 N–H and O–H groups in total. The molecule has 0 spiro atoms. The van der Waals surface area contributed by atoms with Gasteiger partial charge in [0.05, 0.1) is 19.3 Å². The third-order valence-corrected chi connectivity index (χ3v) is 4.93. The quantitative estimate of drug-likeness (QED) is 0.627. The molecule has 1 heterocycles. The molecule has 1 unspecified atom stereocenters. The van der Waals surface area contributed by atoms with Gasteiger partial charge >= 0.3 is 0 Å². The predicted octanol–water partition coefficient (Wildman–Crippen LogP) is 1.96. The number of aldehydes is 1. The van der Waals surface area contributed by atoms with Crippen molar-refractivity contribution in [2.45, 2.75) is 31.3 Å². The Labute approximate surface area is 183 Å². The first kappa shape index (κ1) is 24.7. The Morgan fingerprint density at radius 1 is 1.13 bits per heavy atom. The van der Waals surface area contributed by atoms with E-state index < -0.39 is 12.1 Å². The molecular weight excluding hydrogens is 397 g/mol. The van der Waals surface area contributed by atoms with Gasteiger partial charge in [0, 0.05) is 25.6 Å². The van der Waals surface area contributed by atoms with Gasteiger partial charge in [-0.05, 0) is 37.1 Å². The number of nitrogens with one attached hydrogen (secondary N) is 1. The zero-order valence-electron chi connectivity index (χ0n) is 18.0. The van der Waals surface area contributed by atoms with Crippen molar-refractivity contribution < 1.29 is 18.7 Å². The fraction of sp³-hybridized carbons (Fsp3) is 0.417. The maximum absolute atomic E-state index is 13.6. The monoisotopic (exact) mass is 429 g/mol. The summed E-state index contributed by atoms with van der Waals surface area (Å²) in [5.41, 5.74) is 7.37. The molecule has 2 atom stereocenters. The smallest absolute Gasteiger partial charge is 0.222 e. The molecule has 6 nitrogen and oxygen atoms in total. The highest BCUT2D eigenvalue weighted by molar-refractivity contribution is 5.80. The van der Waals surface area contributed by atoms with Crippen LogP contribution in [0.3, 0.4) is 0 Å². The summed E-state index contributed by atoms with van der Waals surface area (Å²) < 4.78 is 18.7. The van der Waals surface area contributed by atoms with Crippen LogP contribution in [0.2, 0.25) is 0 Å². The number of carbonyl (C=O) groups excluding carboxylic acids is 2. The molecule has 0 bridgehead atoms. The van der Waals surface area contributed by atoms with E-state index in [-0.39, 0.29) is 24.6 Å². The number of hydrogen-bond donors (Lipinski definition) is 2. The van der Waals surface area contributed by atoms with Crippen molar-refractivity contribution in [3.8, 4) is 0 Å². The van der Waals surface area contributed by atoms with Crippen LogP contribution < -0.4 is 11.1 Å². The van der Waals surface area contributed by atoms with E-state index in [2.05, 4.69) is 17.3 Å². The van der Waals surface area contributed by atoms with Crippen molar-refractivity contribution in [1.29, 1.82) is 0 Å². The molecule has 1 aliphatic heterocycles. The molecule has 7 heteroatoms. The average molecular weight is 430 g/mol. The molecule has 0 radical (unpaired) electrons. The minimum Gasteiger partial charge on any atom is -0.379 e. The number of carbonyl (C=O) groups is 2. The normalized spacial score (nSPS) is 15.8. The van der Waals surface area contributed by atoms with Gasteiger partial charge in [0.15, 0.2) is 0 Å². The number of hydrogen-bond acceptors (Lipinski definition) is 5. The molecule has 0 aliphatic carbocycles. The zero-order chi connectivity index (χ0) is 22.5. The van der Waals surface area contributed by atoms with Crippen LogP contribution in [-0.4, -0.2) is 62.5 Å². The molecule has 3 rings (SSSR count). The van der Waals surface area contributed by atoms with Crippen LogP contribution in [0.1, 0.15) is 17.5 Å². The average Bonchev–Trinajstić information content (AvgIpc) is 2.76. The number of benzene rings is 2. The highest BCUT2D eigenvalue weighted by Crippen LogP contribution is 2.10. The van der Waals surface area contributed by atoms with E-state index in [1.54, 1.807) is 18.2 Å². The lowest BCUT2D eigenvalue weighted by Gasteiger charge is -2.21. The summed E-state index contributed by atoms with van der Waals surface area (Å²) in [4.78, 5) is 25.5. The molecule has 0 aromatic heterocycles.